The van der Waals surface area contributed by atoms with E-state index in [2.05, 4.69) is 19.1 Å². The van der Waals surface area contributed by atoms with Crippen LogP contribution >= 0.6 is 11.8 Å². The van der Waals surface area contributed by atoms with Gasteiger partial charge in [-0.15, -0.1) is 11.8 Å². The molecule has 0 radical (unpaired) electrons. The molecule has 1 fully saturated rings. The van der Waals surface area contributed by atoms with Crippen molar-refractivity contribution in [1.29, 1.82) is 0 Å². The maximum absolute atomic E-state index is 11.8. The second-order valence-electron chi connectivity index (χ2n) is 4.72. The summed E-state index contributed by atoms with van der Waals surface area (Å²) in [5, 5.41) is 0. The molecule has 0 bridgehead atoms. The van der Waals surface area contributed by atoms with Crippen LogP contribution in [0.15, 0.2) is 29.2 Å². The number of hydrogen-bond donors (Lipinski definition) is 0. The molecule has 0 aromatic heterocycles. The molecule has 1 aliphatic rings. The van der Waals surface area contributed by atoms with Gasteiger partial charge in [0, 0.05) is 16.4 Å². The van der Waals surface area contributed by atoms with Gasteiger partial charge in [-0.1, -0.05) is 31.9 Å². The maximum atomic E-state index is 11.8. The number of rotatable bonds is 7. The summed E-state index contributed by atoms with van der Waals surface area (Å²) < 4.78 is 0. The number of thioether (sulfide) groups is 1. The van der Waals surface area contributed by atoms with Gasteiger partial charge < -0.3 is 0 Å². The molecule has 0 spiro atoms. The van der Waals surface area contributed by atoms with Crippen LogP contribution in [0.2, 0.25) is 0 Å². The van der Waals surface area contributed by atoms with Crippen LogP contribution < -0.4 is 0 Å². The van der Waals surface area contributed by atoms with Gasteiger partial charge in [-0.2, -0.15) is 0 Å². The van der Waals surface area contributed by atoms with Gasteiger partial charge in [-0.25, -0.2) is 0 Å². The normalized spacial score (nSPS) is 14.9. The lowest BCUT2D eigenvalue weighted by Crippen LogP contribution is -2.00. The van der Waals surface area contributed by atoms with Crippen molar-refractivity contribution in [1.82, 2.24) is 0 Å². The predicted octanol–water partition coefficient (Wildman–Crippen LogP) is 4.56. The zero-order valence-corrected chi connectivity index (χ0v) is 11.3. The van der Waals surface area contributed by atoms with E-state index in [1.54, 1.807) is 0 Å². The quantitative estimate of drug-likeness (QED) is 0.400. The Bertz CT molecular complexity index is 365. The van der Waals surface area contributed by atoms with E-state index in [4.69, 9.17) is 0 Å². The first-order valence-corrected chi connectivity index (χ1v) is 7.57. The van der Waals surface area contributed by atoms with Crippen molar-refractivity contribution in [3.05, 3.63) is 29.8 Å². The Morgan fingerprint density at radius 1 is 1.24 bits per heavy atom. The number of unbranched alkanes of at least 4 members (excludes halogenated alkanes) is 2. The van der Waals surface area contributed by atoms with E-state index >= 15 is 0 Å². The van der Waals surface area contributed by atoms with Gasteiger partial charge >= 0.3 is 0 Å². The maximum Gasteiger partial charge on any atom is 0.165 e. The molecule has 92 valence electrons. The fourth-order valence-electron chi connectivity index (χ4n) is 1.84. The van der Waals surface area contributed by atoms with Gasteiger partial charge in [0.25, 0.3) is 0 Å². The summed E-state index contributed by atoms with van der Waals surface area (Å²) in [5.74, 6) is 1.86. The second-order valence-corrected chi connectivity index (χ2v) is 5.89. The lowest BCUT2D eigenvalue weighted by atomic mass is 10.1. The SMILES string of the molecule is CCCCCSc1ccc(C(=O)C2CC2)cc1. The Hall–Kier alpha value is -0.760. The monoisotopic (exact) mass is 248 g/mol. The van der Waals surface area contributed by atoms with Crippen LogP contribution in [0.1, 0.15) is 49.4 Å². The molecule has 1 saturated carbocycles. The third kappa shape index (κ3) is 3.88. The highest BCUT2D eigenvalue weighted by atomic mass is 32.2. The Morgan fingerprint density at radius 3 is 2.53 bits per heavy atom. The Balaban J connectivity index is 1.82. The molecular formula is C15H20OS. The standard InChI is InChI=1S/C15H20OS/c1-2-3-4-11-17-14-9-7-13(8-10-14)15(16)12-5-6-12/h7-10,12H,2-6,11H2,1H3. The summed E-state index contributed by atoms with van der Waals surface area (Å²) in [6.07, 6.45) is 6.04. The molecule has 1 aliphatic carbocycles. The average molecular weight is 248 g/mol. The van der Waals surface area contributed by atoms with E-state index in [0.717, 1.165) is 18.4 Å². The minimum absolute atomic E-state index is 0.332. The van der Waals surface area contributed by atoms with Crippen molar-refractivity contribution < 1.29 is 4.79 Å². The Labute approximate surface area is 108 Å². The third-order valence-electron chi connectivity index (χ3n) is 3.10. The molecule has 0 atom stereocenters. The molecule has 0 N–H and O–H groups in total. The summed E-state index contributed by atoms with van der Waals surface area (Å²) in [4.78, 5) is 13.1. The van der Waals surface area contributed by atoms with Crippen LogP contribution in [0, 0.1) is 5.92 Å². The number of hydrogen-bond acceptors (Lipinski definition) is 2. The van der Waals surface area contributed by atoms with Crippen molar-refractivity contribution in [3.8, 4) is 0 Å². The first kappa shape index (κ1) is 12.7. The zero-order valence-electron chi connectivity index (χ0n) is 10.4. The molecule has 1 nitrogen and oxygen atoms in total. The van der Waals surface area contributed by atoms with Gasteiger partial charge in [0.15, 0.2) is 5.78 Å². The minimum atomic E-state index is 0.332. The molecule has 1 aromatic carbocycles. The average Bonchev–Trinajstić information content (AvgIpc) is 3.19. The van der Waals surface area contributed by atoms with E-state index in [1.807, 2.05) is 23.9 Å². The van der Waals surface area contributed by atoms with Crippen molar-refractivity contribution in [3.63, 3.8) is 0 Å². The molecule has 0 heterocycles. The van der Waals surface area contributed by atoms with E-state index in [-0.39, 0.29) is 0 Å². The lowest BCUT2D eigenvalue weighted by Gasteiger charge is -2.03. The van der Waals surface area contributed by atoms with Crippen LogP contribution in [-0.2, 0) is 0 Å². The molecule has 0 unspecified atom stereocenters. The minimum Gasteiger partial charge on any atom is -0.294 e. The summed E-state index contributed by atoms with van der Waals surface area (Å²) >= 11 is 1.89. The molecule has 1 aromatic rings. The van der Waals surface area contributed by atoms with E-state index in [9.17, 15) is 4.79 Å². The highest BCUT2D eigenvalue weighted by molar-refractivity contribution is 7.99. The van der Waals surface area contributed by atoms with Crippen molar-refractivity contribution in [2.24, 2.45) is 5.92 Å². The van der Waals surface area contributed by atoms with Crippen LogP contribution in [0.25, 0.3) is 0 Å². The summed E-state index contributed by atoms with van der Waals surface area (Å²) in [6.45, 7) is 2.23. The smallest absolute Gasteiger partial charge is 0.165 e. The fourth-order valence-corrected chi connectivity index (χ4v) is 2.75. The number of ketones is 1. The Kier molecular flexibility index (Phi) is 4.66. The van der Waals surface area contributed by atoms with Crippen LogP contribution in [0.3, 0.4) is 0 Å². The fraction of sp³-hybridized carbons (Fsp3) is 0.533. The highest BCUT2D eigenvalue weighted by Crippen LogP contribution is 2.33. The highest BCUT2D eigenvalue weighted by Gasteiger charge is 2.30. The van der Waals surface area contributed by atoms with Gasteiger partial charge in [-0.3, -0.25) is 4.79 Å². The predicted molar refractivity (Wildman–Crippen MR) is 73.7 cm³/mol. The van der Waals surface area contributed by atoms with E-state index in [0.29, 0.717) is 11.7 Å². The topological polar surface area (TPSA) is 17.1 Å². The largest absolute Gasteiger partial charge is 0.294 e. The molecule has 2 heteroatoms. The molecule has 2 rings (SSSR count). The Morgan fingerprint density at radius 2 is 1.94 bits per heavy atom. The van der Waals surface area contributed by atoms with Gasteiger partial charge in [0.2, 0.25) is 0 Å². The zero-order chi connectivity index (χ0) is 12.1. The first-order chi connectivity index (χ1) is 8.31. The second kappa shape index (κ2) is 6.25. The van der Waals surface area contributed by atoms with Crippen molar-refractivity contribution in [2.75, 3.05) is 5.75 Å². The third-order valence-corrected chi connectivity index (χ3v) is 4.20. The van der Waals surface area contributed by atoms with Crippen LogP contribution in [0.4, 0.5) is 0 Å². The molecule has 17 heavy (non-hydrogen) atoms. The summed E-state index contributed by atoms with van der Waals surface area (Å²) in [6, 6.07) is 8.16. The number of benzene rings is 1. The van der Waals surface area contributed by atoms with E-state index < -0.39 is 0 Å². The summed E-state index contributed by atoms with van der Waals surface area (Å²) in [5.41, 5.74) is 0.894. The van der Waals surface area contributed by atoms with Gasteiger partial charge in [0.1, 0.15) is 0 Å². The van der Waals surface area contributed by atoms with Gasteiger partial charge in [-0.05, 0) is 37.1 Å². The number of Topliss-reactive ketones (excluding diaryl/α,β-unsaturated/α-hetero) is 1. The molecular weight excluding hydrogens is 228 g/mol. The van der Waals surface area contributed by atoms with Crippen molar-refractivity contribution in [2.45, 2.75) is 43.9 Å². The summed E-state index contributed by atoms with van der Waals surface area (Å²) in [7, 11) is 0. The lowest BCUT2D eigenvalue weighted by molar-refractivity contribution is 0.0967. The van der Waals surface area contributed by atoms with Crippen LogP contribution in [-0.4, -0.2) is 11.5 Å². The van der Waals surface area contributed by atoms with Gasteiger partial charge in [0.05, 0.1) is 0 Å². The number of carbonyl (C=O) groups excluding carboxylic acids is 1. The molecule has 0 saturated heterocycles. The first-order valence-electron chi connectivity index (χ1n) is 6.58. The van der Waals surface area contributed by atoms with Crippen molar-refractivity contribution >= 4 is 17.5 Å². The van der Waals surface area contributed by atoms with E-state index in [1.165, 1.54) is 29.9 Å². The molecule has 0 aliphatic heterocycles. The van der Waals surface area contributed by atoms with Crippen LogP contribution in [0.5, 0.6) is 0 Å². The molecule has 0 amide bonds. The number of carbonyl (C=O) groups is 1.